The lowest BCUT2D eigenvalue weighted by Gasteiger charge is -2.14. The summed E-state index contributed by atoms with van der Waals surface area (Å²) >= 11 is 0. The van der Waals surface area contributed by atoms with Gasteiger partial charge in [0, 0.05) is 11.5 Å². The van der Waals surface area contributed by atoms with Gasteiger partial charge in [-0.15, -0.1) is 0 Å². The third-order valence-electron chi connectivity index (χ3n) is 1.64. The second-order valence-corrected chi connectivity index (χ2v) is 4.11. The fourth-order valence-corrected chi connectivity index (χ4v) is 0.692. The van der Waals surface area contributed by atoms with Gasteiger partial charge < -0.3 is 4.74 Å². The first-order valence-electron chi connectivity index (χ1n) is 4.25. The van der Waals surface area contributed by atoms with Crippen LogP contribution in [0.25, 0.3) is 0 Å². The summed E-state index contributed by atoms with van der Waals surface area (Å²) in [4.78, 5) is 11.5. The van der Waals surface area contributed by atoms with Gasteiger partial charge in [-0.2, -0.15) is 0 Å². The summed E-state index contributed by atoms with van der Waals surface area (Å²) in [7, 11) is 1.54. The summed E-state index contributed by atoms with van der Waals surface area (Å²) in [5.41, 5.74) is 0.402. The molecular weight excluding hydrogens is 164 g/mol. The molecule has 0 saturated carbocycles. The van der Waals surface area contributed by atoms with E-state index in [4.69, 9.17) is 4.74 Å². The minimum Gasteiger partial charge on any atom is -0.496 e. The molecule has 0 unspecified atom stereocenters. The molecule has 0 saturated heterocycles. The molecule has 0 fully saturated rings. The Bertz CT molecular complexity index is 241. The lowest BCUT2D eigenvalue weighted by atomic mass is 9.90. The molecular formula is C11H18O2. The van der Waals surface area contributed by atoms with Crippen LogP contribution < -0.4 is 0 Å². The average molecular weight is 182 g/mol. The van der Waals surface area contributed by atoms with Crippen LogP contribution in [0.15, 0.2) is 24.0 Å². The quantitative estimate of drug-likeness (QED) is 0.381. The average Bonchev–Trinajstić information content (AvgIpc) is 1.96. The molecule has 0 amide bonds. The van der Waals surface area contributed by atoms with Crippen LogP contribution in [0.4, 0.5) is 0 Å². The molecule has 2 heteroatoms. The number of ketones is 1. The first kappa shape index (κ1) is 11.9. The van der Waals surface area contributed by atoms with Crippen molar-refractivity contribution in [3.8, 4) is 0 Å². The zero-order valence-corrected chi connectivity index (χ0v) is 9.10. The van der Waals surface area contributed by atoms with Crippen molar-refractivity contribution in [2.45, 2.75) is 27.7 Å². The molecule has 0 rings (SSSR count). The SMILES string of the molecule is C=C(C)/C(=C/C(=O)C(C)(C)C)OC. The molecule has 0 aromatic rings. The summed E-state index contributed by atoms with van der Waals surface area (Å²) in [5, 5.41) is 0. The Balaban J connectivity index is 4.73. The Labute approximate surface area is 80.3 Å². The van der Waals surface area contributed by atoms with Crippen LogP contribution in [-0.2, 0) is 9.53 Å². The highest BCUT2D eigenvalue weighted by atomic mass is 16.5. The molecule has 0 aromatic heterocycles. The van der Waals surface area contributed by atoms with E-state index in [1.165, 1.54) is 13.2 Å². The summed E-state index contributed by atoms with van der Waals surface area (Å²) < 4.78 is 5.02. The van der Waals surface area contributed by atoms with E-state index in [1.54, 1.807) is 0 Å². The van der Waals surface area contributed by atoms with E-state index in [2.05, 4.69) is 6.58 Å². The number of rotatable bonds is 3. The van der Waals surface area contributed by atoms with Gasteiger partial charge in [0.15, 0.2) is 5.78 Å². The van der Waals surface area contributed by atoms with Gasteiger partial charge >= 0.3 is 0 Å². The fourth-order valence-electron chi connectivity index (χ4n) is 0.692. The van der Waals surface area contributed by atoms with E-state index in [1.807, 2.05) is 27.7 Å². The van der Waals surface area contributed by atoms with Gasteiger partial charge in [-0.05, 0) is 12.5 Å². The predicted molar refractivity (Wildman–Crippen MR) is 54.4 cm³/mol. The monoisotopic (exact) mass is 182 g/mol. The van der Waals surface area contributed by atoms with Crippen LogP contribution in [0, 0.1) is 5.41 Å². The molecule has 0 aliphatic heterocycles. The molecule has 0 N–H and O–H groups in total. The highest BCUT2D eigenvalue weighted by molar-refractivity contribution is 5.94. The molecule has 74 valence electrons. The summed E-state index contributed by atoms with van der Waals surface area (Å²) in [6.07, 6.45) is 1.50. The lowest BCUT2D eigenvalue weighted by molar-refractivity contribution is -0.121. The highest BCUT2D eigenvalue weighted by Gasteiger charge is 2.19. The van der Waals surface area contributed by atoms with Gasteiger partial charge in [0.1, 0.15) is 5.76 Å². The van der Waals surface area contributed by atoms with Crippen molar-refractivity contribution in [3.63, 3.8) is 0 Å². The maximum Gasteiger partial charge on any atom is 0.164 e. The van der Waals surface area contributed by atoms with Gasteiger partial charge in [-0.3, -0.25) is 4.79 Å². The van der Waals surface area contributed by atoms with Crippen LogP contribution in [0.1, 0.15) is 27.7 Å². The topological polar surface area (TPSA) is 26.3 Å². The Morgan fingerprint density at radius 2 is 1.85 bits per heavy atom. The van der Waals surface area contributed by atoms with Gasteiger partial charge in [0.05, 0.1) is 7.11 Å². The van der Waals surface area contributed by atoms with Crippen LogP contribution in [0.2, 0.25) is 0 Å². The van der Waals surface area contributed by atoms with Crippen molar-refractivity contribution in [1.82, 2.24) is 0 Å². The number of carbonyl (C=O) groups is 1. The Morgan fingerprint density at radius 3 is 2.08 bits per heavy atom. The number of carbonyl (C=O) groups excluding carboxylic acids is 1. The number of ether oxygens (including phenoxy) is 1. The third-order valence-corrected chi connectivity index (χ3v) is 1.64. The largest absolute Gasteiger partial charge is 0.496 e. The fraction of sp³-hybridized carbons (Fsp3) is 0.545. The Hall–Kier alpha value is -1.05. The normalized spacial score (nSPS) is 12.5. The van der Waals surface area contributed by atoms with Crippen LogP contribution in [0.5, 0.6) is 0 Å². The van der Waals surface area contributed by atoms with Crippen molar-refractivity contribution in [2.24, 2.45) is 5.41 Å². The van der Waals surface area contributed by atoms with Crippen molar-refractivity contribution in [1.29, 1.82) is 0 Å². The Morgan fingerprint density at radius 1 is 1.38 bits per heavy atom. The van der Waals surface area contributed by atoms with Crippen molar-refractivity contribution >= 4 is 5.78 Å². The van der Waals surface area contributed by atoms with E-state index in [0.717, 1.165) is 5.57 Å². The molecule has 0 aliphatic rings. The van der Waals surface area contributed by atoms with E-state index in [9.17, 15) is 4.79 Å². The summed E-state index contributed by atoms with van der Waals surface area (Å²) in [6.45, 7) is 11.1. The van der Waals surface area contributed by atoms with Gasteiger partial charge in [0.25, 0.3) is 0 Å². The molecule has 0 heterocycles. The smallest absolute Gasteiger partial charge is 0.164 e. The van der Waals surface area contributed by atoms with Gasteiger partial charge in [0.2, 0.25) is 0 Å². The minimum absolute atomic E-state index is 0.0485. The lowest BCUT2D eigenvalue weighted by Crippen LogP contribution is -2.18. The van der Waals surface area contributed by atoms with Crippen LogP contribution in [0.3, 0.4) is 0 Å². The first-order valence-corrected chi connectivity index (χ1v) is 4.25. The summed E-state index contributed by atoms with van der Waals surface area (Å²) in [6, 6.07) is 0. The van der Waals surface area contributed by atoms with Crippen molar-refractivity contribution in [2.75, 3.05) is 7.11 Å². The molecule has 0 atom stereocenters. The van der Waals surface area contributed by atoms with Gasteiger partial charge in [-0.25, -0.2) is 0 Å². The molecule has 2 nitrogen and oxygen atoms in total. The van der Waals surface area contributed by atoms with E-state index in [0.29, 0.717) is 5.76 Å². The molecule has 0 aromatic carbocycles. The minimum atomic E-state index is -0.362. The van der Waals surface area contributed by atoms with E-state index < -0.39 is 0 Å². The second kappa shape index (κ2) is 4.26. The van der Waals surface area contributed by atoms with Crippen molar-refractivity contribution < 1.29 is 9.53 Å². The second-order valence-electron chi connectivity index (χ2n) is 4.11. The molecule has 0 spiro atoms. The number of methoxy groups -OCH3 is 1. The maximum atomic E-state index is 11.5. The van der Waals surface area contributed by atoms with Gasteiger partial charge in [-0.1, -0.05) is 27.4 Å². The molecule has 13 heavy (non-hydrogen) atoms. The van der Waals surface area contributed by atoms with Crippen molar-refractivity contribution in [3.05, 3.63) is 24.0 Å². The van der Waals surface area contributed by atoms with E-state index in [-0.39, 0.29) is 11.2 Å². The molecule has 0 bridgehead atoms. The number of allylic oxidation sites excluding steroid dienone is 2. The zero-order chi connectivity index (χ0) is 10.6. The number of hydrogen-bond acceptors (Lipinski definition) is 2. The Kier molecular flexibility index (Phi) is 3.92. The van der Waals surface area contributed by atoms with Crippen LogP contribution in [-0.4, -0.2) is 12.9 Å². The summed E-state index contributed by atoms with van der Waals surface area (Å²) in [5.74, 6) is 0.604. The maximum absolute atomic E-state index is 11.5. The molecule has 0 radical (unpaired) electrons. The number of hydrogen-bond donors (Lipinski definition) is 0. The third kappa shape index (κ3) is 3.92. The first-order chi connectivity index (χ1) is 5.79. The zero-order valence-electron chi connectivity index (χ0n) is 9.10. The highest BCUT2D eigenvalue weighted by Crippen LogP contribution is 2.18. The standard InChI is InChI=1S/C11H18O2/c1-8(2)9(13-6)7-10(12)11(3,4)5/h7H,1H2,2-6H3/b9-7-. The molecule has 0 aliphatic carbocycles. The predicted octanol–water partition coefficient (Wildman–Crippen LogP) is 2.71. The van der Waals surface area contributed by atoms with Crippen LogP contribution >= 0.6 is 0 Å². The van der Waals surface area contributed by atoms with E-state index >= 15 is 0 Å².